The molecule has 1 saturated heterocycles. The Labute approximate surface area is 83.5 Å². The number of nitrogens with two attached hydrogens (primary N) is 1. The maximum atomic E-state index is 5.96. The van der Waals surface area contributed by atoms with E-state index < -0.39 is 0 Å². The molecule has 0 radical (unpaired) electrons. The first-order valence-electron chi connectivity index (χ1n) is 4.41. The van der Waals surface area contributed by atoms with Crippen LogP contribution >= 0.6 is 23.5 Å². The third kappa shape index (κ3) is 2.44. The van der Waals surface area contributed by atoms with Gasteiger partial charge < -0.3 is 5.73 Å². The van der Waals surface area contributed by atoms with Gasteiger partial charge in [0.05, 0.1) is 0 Å². The Hall–Kier alpha value is 0.400. The Balaban J connectivity index is 2.51. The van der Waals surface area contributed by atoms with E-state index >= 15 is 0 Å². The van der Waals surface area contributed by atoms with Crippen LogP contribution in [-0.4, -0.2) is 28.0 Å². The standard InChI is InChI=1S/C9H17NS2/c1-3-7(10)9-8(4-2)11-5-6-12-9/h3,7-9H,1,4-6,10H2,2H3. The lowest BCUT2D eigenvalue weighted by atomic mass is 10.1. The Morgan fingerprint density at radius 2 is 2.25 bits per heavy atom. The summed E-state index contributed by atoms with van der Waals surface area (Å²) in [7, 11) is 0. The second-order valence-corrected chi connectivity index (χ2v) is 5.60. The maximum Gasteiger partial charge on any atom is 0.0353 e. The molecule has 0 amide bonds. The lowest BCUT2D eigenvalue weighted by Gasteiger charge is -2.32. The fourth-order valence-corrected chi connectivity index (χ4v) is 4.59. The van der Waals surface area contributed by atoms with E-state index in [9.17, 15) is 0 Å². The fourth-order valence-electron chi connectivity index (χ4n) is 1.43. The molecular formula is C9H17NS2. The molecule has 1 nitrogen and oxygen atoms in total. The molecule has 0 aliphatic carbocycles. The Bertz CT molecular complexity index is 149. The molecule has 1 rings (SSSR count). The summed E-state index contributed by atoms with van der Waals surface area (Å²) in [5.74, 6) is 2.52. The van der Waals surface area contributed by atoms with Crippen LogP contribution in [0.5, 0.6) is 0 Å². The van der Waals surface area contributed by atoms with E-state index in [4.69, 9.17) is 5.73 Å². The SMILES string of the molecule is C=CC(N)C1SCCSC1CC. The molecule has 0 bridgehead atoms. The van der Waals surface area contributed by atoms with Crippen LogP contribution < -0.4 is 5.73 Å². The van der Waals surface area contributed by atoms with Crippen molar-refractivity contribution in [1.29, 1.82) is 0 Å². The number of rotatable bonds is 3. The molecule has 1 heterocycles. The zero-order valence-electron chi connectivity index (χ0n) is 7.53. The van der Waals surface area contributed by atoms with E-state index in [1.807, 2.05) is 17.8 Å². The first kappa shape index (κ1) is 10.5. The lowest BCUT2D eigenvalue weighted by molar-refractivity contribution is 0.685. The Morgan fingerprint density at radius 3 is 2.83 bits per heavy atom. The number of thioether (sulfide) groups is 2. The van der Waals surface area contributed by atoms with Gasteiger partial charge in [0, 0.05) is 28.0 Å². The third-order valence-corrected chi connectivity index (χ3v) is 5.54. The van der Waals surface area contributed by atoms with Crippen LogP contribution in [0.25, 0.3) is 0 Å². The van der Waals surface area contributed by atoms with Gasteiger partial charge in [-0.2, -0.15) is 23.5 Å². The smallest absolute Gasteiger partial charge is 0.0353 e. The zero-order chi connectivity index (χ0) is 8.97. The summed E-state index contributed by atoms with van der Waals surface area (Å²) < 4.78 is 0. The fraction of sp³-hybridized carbons (Fsp3) is 0.778. The van der Waals surface area contributed by atoms with Crippen molar-refractivity contribution in [1.82, 2.24) is 0 Å². The van der Waals surface area contributed by atoms with Crippen molar-refractivity contribution in [2.45, 2.75) is 29.9 Å². The van der Waals surface area contributed by atoms with Gasteiger partial charge in [-0.15, -0.1) is 6.58 Å². The van der Waals surface area contributed by atoms with E-state index in [-0.39, 0.29) is 6.04 Å². The minimum Gasteiger partial charge on any atom is -0.324 e. The Morgan fingerprint density at radius 1 is 1.58 bits per heavy atom. The maximum absolute atomic E-state index is 5.96. The second-order valence-electron chi connectivity index (χ2n) is 2.97. The number of hydrogen-bond acceptors (Lipinski definition) is 3. The van der Waals surface area contributed by atoms with Crippen molar-refractivity contribution in [3.05, 3.63) is 12.7 Å². The highest BCUT2D eigenvalue weighted by Crippen LogP contribution is 2.34. The van der Waals surface area contributed by atoms with Crippen molar-refractivity contribution < 1.29 is 0 Å². The quantitative estimate of drug-likeness (QED) is 0.712. The summed E-state index contributed by atoms with van der Waals surface area (Å²) in [5, 5.41) is 1.32. The van der Waals surface area contributed by atoms with E-state index in [1.54, 1.807) is 0 Å². The van der Waals surface area contributed by atoms with Gasteiger partial charge >= 0.3 is 0 Å². The molecule has 0 saturated carbocycles. The summed E-state index contributed by atoms with van der Waals surface area (Å²) in [6, 6.07) is 0.174. The Kier molecular flexibility index (Phi) is 4.54. The molecule has 0 aromatic rings. The molecule has 12 heavy (non-hydrogen) atoms. The summed E-state index contributed by atoms with van der Waals surface area (Å²) >= 11 is 4.08. The van der Waals surface area contributed by atoms with Crippen LogP contribution in [0, 0.1) is 0 Å². The van der Waals surface area contributed by atoms with Gasteiger partial charge in [-0.25, -0.2) is 0 Å². The van der Waals surface area contributed by atoms with Crippen molar-refractivity contribution in [3.63, 3.8) is 0 Å². The molecule has 3 atom stereocenters. The van der Waals surface area contributed by atoms with Gasteiger partial charge in [0.1, 0.15) is 0 Å². The van der Waals surface area contributed by atoms with Gasteiger partial charge in [0.25, 0.3) is 0 Å². The molecule has 0 aromatic heterocycles. The van der Waals surface area contributed by atoms with Crippen molar-refractivity contribution in [2.75, 3.05) is 11.5 Å². The predicted octanol–water partition coefficient (Wildman–Crippen LogP) is 2.13. The van der Waals surface area contributed by atoms with Crippen LogP contribution in [0.1, 0.15) is 13.3 Å². The van der Waals surface area contributed by atoms with E-state index in [0.717, 1.165) is 5.25 Å². The summed E-state index contributed by atoms with van der Waals surface area (Å²) in [5.41, 5.74) is 5.96. The molecule has 70 valence electrons. The topological polar surface area (TPSA) is 26.0 Å². The normalized spacial score (nSPS) is 32.8. The highest BCUT2D eigenvalue weighted by atomic mass is 32.2. The molecule has 3 unspecified atom stereocenters. The zero-order valence-corrected chi connectivity index (χ0v) is 9.16. The van der Waals surface area contributed by atoms with Crippen LogP contribution in [-0.2, 0) is 0 Å². The van der Waals surface area contributed by atoms with E-state index in [0.29, 0.717) is 5.25 Å². The minimum atomic E-state index is 0.174. The van der Waals surface area contributed by atoms with Gasteiger partial charge in [0.15, 0.2) is 0 Å². The molecule has 1 fully saturated rings. The third-order valence-electron chi connectivity index (χ3n) is 2.15. The predicted molar refractivity (Wildman–Crippen MR) is 61.0 cm³/mol. The molecule has 1 aliphatic heterocycles. The van der Waals surface area contributed by atoms with Crippen molar-refractivity contribution in [3.8, 4) is 0 Å². The van der Waals surface area contributed by atoms with Gasteiger partial charge in [-0.3, -0.25) is 0 Å². The van der Waals surface area contributed by atoms with Crippen LogP contribution in [0.4, 0.5) is 0 Å². The van der Waals surface area contributed by atoms with E-state index in [2.05, 4.69) is 25.3 Å². The summed E-state index contributed by atoms with van der Waals surface area (Å²) in [6.07, 6.45) is 3.11. The highest BCUT2D eigenvalue weighted by molar-refractivity contribution is 8.07. The van der Waals surface area contributed by atoms with E-state index in [1.165, 1.54) is 17.9 Å². The minimum absolute atomic E-state index is 0.174. The monoisotopic (exact) mass is 203 g/mol. The van der Waals surface area contributed by atoms with Crippen molar-refractivity contribution >= 4 is 23.5 Å². The molecule has 3 heteroatoms. The number of hydrogen-bond donors (Lipinski definition) is 1. The lowest BCUT2D eigenvalue weighted by Crippen LogP contribution is -2.40. The first-order chi connectivity index (χ1) is 5.79. The summed E-state index contributed by atoms with van der Waals surface area (Å²) in [6.45, 7) is 6.00. The molecule has 1 aliphatic rings. The molecule has 0 spiro atoms. The second kappa shape index (κ2) is 5.20. The summed E-state index contributed by atoms with van der Waals surface area (Å²) in [4.78, 5) is 0. The first-order valence-corrected chi connectivity index (χ1v) is 6.50. The highest BCUT2D eigenvalue weighted by Gasteiger charge is 2.28. The average molecular weight is 203 g/mol. The molecule has 2 N–H and O–H groups in total. The largest absolute Gasteiger partial charge is 0.324 e. The van der Waals surface area contributed by atoms with Crippen LogP contribution in [0.15, 0.2) is 12.7 Å². The van der Waals surface area contributed by atoms with Crippen LogP contribution in [0.3, 0.4) is 0 Å². The molecule has 0 aromatic carbocycles. The van der Waals surface area contributed by atoms with Gasteiger partial charge in [0.2, 0.25) is 0 Å². The average Bonchev–Trinajstić information content (AvgIpc) is 2.16. The van der Waals surface area contributed by atoms with Crippen LogP contribution in [0.2, 0.25) is 0 Å². The van der Waals surface area contributed by atoms with Gasteiger partial charge in [-0.05, 0) is 6.42 Å². The van der Waals surface area contributed by atoms with Crippen molar-refractivity contribution in [2.24, 2.45) is 5.73 Å². The molecular weight excluding hydrogens is 186 g/mol. The van der Waals surface area contributed by atoms with Gasteiger partial charge in [-0.1, -0.05) is 13.0 Å².